The number of alkyl halides is 1. The maximum absolute atomic E-state index is 5.53. The third kappa shape index (κ3) is 6.25. The van der Waals surface area contributed by atoms with Gasteiger partial charge in [-0.05, 0) is 24.9 Å². The Kier molecular flexibility index (Phi) is 9.16. The van der Waals surface area contributed by atoms with Crippen LogP contribution in [-0.2, 0) is 6.42 Å². The summed E-state index contributed by atoms with van der Waals surface area (Å²) >= 11 is 5.53. The average molecular weight is 234 g/mol. The van der Waals surface area contributed by atoms with Gasteiger partial charge in [0.2, 0.25) is 0 Å². The summed E-state index contributed by atoms with van der Waals surface area (Å²) in [6, 6.07) is 10.6. The maximum Gasteiger partial charge on any atom is 0.0348 e. The fourth-order valence-electron chi connectivity index (χ4n) is 1.25. The average Bonchev–Trinajstić information content (AvgIpc) is 2.19. The molecule has 1 N–H and O–H groups in total. The van der Waals surface area contributed by atoms with E-state index in [2.05, 4.69) is 35.6 Å². The molecule has 1 aromatic carbocycles. The van der Waals surface area contributed by atoms with Gasteiger partial charge < -0.3 is 5.32 Å². The highest BCUT2D eigenvalue weighted by molar-refractivity contribution is 6.18. The zero-order chi connectivity index (χ0) is 9.36. The fraction of sp³-hybridized carbons (Fsp3) is 0.455. The minimum atomic E-state index is 0. The minimum Gasteiger partial charge on any atom is -0.316 e. The van der Waals surface area contributed by atoms with Crippen molar-refractivity contribution in [1.29, 1.82) is 0 Å². The Labute approximate surface area is 97.3 Å². The second kappa shape index (κ2) is 9.32. The molecule has 0 aliphatic heterocycles. The Morgan fingerprint density at radius 3 is 2.43 bits per heavy atom. The Morgan fingerprint density at radius 1 is 1.07 bits per heavy atom. The van der Waals surface area contributed by atoms with Crippen molar-refractivity contribution in [3.8, 4) is 0 Å². The second-order valence-electron chi connectivity index (χ2n) is 3.03. The van der Waals surface area contributed by atoms with Gasteiger partial charge in [0.1, 0.15) is 0 Å². The van der Waals surface area contributed by atoms with Gasteiger partial charge in [-0.15, -0.1) is 24.0 Å². The zero-order valence-electron chi connectivity index (χ0n) is 8.21. The molecule has 0 aromatic heterocycles. The molecule has 0 aliphatic rings. The van der Waals surface area contributed by atoms with E-state index in [-0.39, 0.29) is 12.4 Å². The van der Waals surface area contributed by atoms with Crippen LogP contribution in [0.25, 0.3) is 0 Å². The monoisotopic (exact) mass is 233 g/mol. The van der Waals surface area contributed by atoms with Crippen LogP contribution in [0.15, 0.2) is 30.3 Å². The van der Waals surface area contributed by atoms with Crippen molar-refractivity contribution in [2.45, 2.75) is 12.8 Å². The van der Waals surface area contributed by atoms with E-state index < -0.39 is 0 Å². The molecule has 1 aromatic rings. The van der Waals surface area contributed by atoms with Crippen LogP contribution in [0.3, 0.4) is 0 Å². The van der Waals surface area contributed by atoms with Gasteiger partial charge in [0, 0.05) is 12.4 Å². The van der Waals surface area contributed by atoms with E-state index in [4.69, 9.17) is 11.6 Å². The number of hydrogen-bond acceptors (Lipinski definition) is 1. The molecular weight excluding hydrogens is 217 g/mol. The molecule has 0 spiro atoms. The number of benzene rings is 1. The quantitative estimate of drug-likeness (QED) is 0.589. The summed E-state index contributed by atoms with van der Waals surface area (Å²) < 4.78 is 0. The van der Waals surface area contributed by atoms with Crippen LogP contribution in [0.5, 0.6) is 0 Å². The molecule has 0 bridgehead atoms. The molecule has 80 valence electrons. The number of nitrogens with one attached hydrogen (secondary N) is 1. The van der Waals surface area contributed by atoms with Crippen LogP contribution >= 0.6 is 24.0 Å². The first-order chi connectivity index (χ1) is 6.43. The molecule has 0 saturated heterocycles. The van der Waals surface area contributed by atoms with Crippen molar-refractivity contribution >= 4 is 24.0 Å². The number of rotatable bonds is 6. The summed E-state index contributed by atoms with van der Waals surface area (Å²) in [4.78, 5) is 0. The van der Waals surface area contributed by atoms with E-state index in [0.717, 1.165) is 19.5 Å². The highest BCUT2D eigenvalue weighted by Gasteiger charge is 1.90. The molecule has 0 radical (unpaired) electrons. The molecule has 0 saturated carbocycles. The standard InChI is InChI=1S/C11H16ClN.ClH/c12-8-10-13-9-4-7-11-5-2-1-3-6-11;/h1-3,5-6,13H,4,7-10H2;1H. The van der Waals surface area contributed by atoms with Gasteiger partial charge in [0.25, 0.3) is 0 Å². The van der Waals surface area contributed by atoms with Crippen molar-refractivity contribution in [1.82, 2.24) is 5.32 Å². The van der Waals surface area contributed by atoms with Crippen molar-refractivity contribution < 1.29 is 0 Å². The third-order valence-corrected chi connectivity index (χ3v) is 2.12. The van der Waals surface area contributed by atoms with Gasteiger partial charge >= 0.3 is 0 Å². The Bertz CT molecular complexity index is 214. The van der Waals surface area contributed by atoms with E-state index in [1.807, 2.05) is 0 Å². The lowest BCUT2D eigenvalue weighted by Crippen LogP contribution is -2.18. The predicted molar refractivity (Wildman–Crippen MR) is 65.6 cm³/mol. The lowest BCUT2D eigenvalue weighted by atomic mass is 10.1. The molecule has 0 unspecified atom stereocenters. The zero-order valence-corrected chi connectivity index (χ0v) is 9.78. The summed E-state index contributed by atoms with van der Waals surface area (Å²) in [5.74, 6) is 0.700. The summed E-state index contributed by atoms with van der Waals surface area (Å²) in [6.45, 7) is 1.97. The van der Waals surface area contributed by atoms with Crippen LogP contribution < -0.4 is 5.32 Å². The number of aryl methyl sites for hydroxylation is 1. The lowest BCUT2D eigenvalue weighted by Gasteiger charge is -2.02. The molecule has 0 aliphatic carbocycles. The molecule has 3 heteroatoms. The van der Waals surface area contributed by atoms with Crippen molar-refractivity contribution in [3.05, 3.63) is 35.9 Å². The van der Waals surface area contributed by atoms with Crippen LogP contribution in [0.4, 0.5) is 0 Å². The van der Waals surface area contributed by atoms with Crippen LogP contribution in [0.2, 0.25) is 0 Å². The molecule has 1 nitrogen and oxygen atoms in total. The van der Waals surface area contributed by atoms with Crippen LogP contribution in [0.1, 0.15) is 12.0 Å². The van der Waals surface area contributed by atoms with E-state index in [9.17, 15) is 0 Å². The highest BCUT2D eigenvalue weighted by Crippen LogP contribution is 2.01. The molecule has 0 heterocycles. The van der Waals surface area contributed by atoms with Crippen molar-refractivity contribution in [2.24, 2.45) is 0 Å². The van der Waals surface area contributed by atoms with Gasteiger partial charge in [0.15, 0.2) is 0 Å². The largest absolute Gasteiger partial charge is 0.316 e. The van der Waals surface area contributed by atoms with Crippen molar-refractivity contribution in [2.75, 3.05) is 19.0 Å². The predicted octanol–water partition coefficient (Wildman–Crippen LogP) is 2.87. The van der Waals surface area contributed by atoms with E-state index >= 15 is 0 Å². The van der Waals surface area contributed by atoms with Crippen molar-refractivity contribution in [3.63, 3.8) is 0 Å². The normalized spacial score (nSPS) is 9.50. The SMILES string of the molecule is Cl.ClCCNCCCc1ccccc1. The lowest BCUT2D eigenvalue weighted by molar-refractivity contribution is 0.675. The van der Waals surface area contributed by atoms with Crippen LogP contribution in [0, 0.1) is 0 Å². The Morgan fingerprint density at radius 2 is 1.79 bits per heavy atom. The van der Waals surface area contributed by atoms with E-state index in [0.29, 0.717) is 5.88 Å². The van der Waals surface area contributed by atoms with Gasteiger partial charge in [-0.1, -0.05) is 30.3 Å². The molecule has 1 rings (SSSR count). The highest BCUT2D eigenvalue weighted by atomic mass is 35.5. The second-order valence-corrected chi connectivity index (χ2v) is 3.41. The van der Waals surface area contributed by atoms with Gasteiger partial charge in [-0.2, -0.15) is 0 Å². The summed E-state index contributed by atoms with van der Waals surface area (Å²) in [5, 5.41) is 3.27. The molecule has 0 atom stereocenters. The number of hydrogen-bond donors (Lipinski definition) is 1. The van der Waals surface area contributed by atoms with Gasteiger partial charge in [0.05, 0.1) is 0 Å². The van der Waals surface area contributed by atoms with E-state index in [1.165, 1.54) is 12.0 Å². The van der Waals surface area contributed by atoms with Gasteiger partial charge in [-0.25, -0.2) is 0 Å². The fourth-order valence-corrected chi connectivity index (χ4v) is 1.39. The molecule has 0 fully saturated rings. The molecule has 14 heavy (non-hydrogen) atoms. The Balaban J connectivity index is 0.00000169. The van der Waals surface area contributed by atoms with Crippen LogP contribution in [-0.4, -0.2) is 19.0 Å². The summed E-state index contributed by atoms with van der Waals surface area (Å²) in [6.07, 6.45) is 2.33. The first-order valence-electron chi connectivity index (χ1n) is 4.74. The minimum absolute atomic E-state index is 0. The number of halogens is 2. The smallest absolute Gasteiger partial charge is 0.0348 e. The Hall–Kier alpha value is -0.240. The van der Waals surface area contributed by atoms with E-state index in [1.54, 1.807) is 0 Å². The molecule has 0 amide bonds. The van der Waals surface area contributed by atoms with Gasteiger partial charge in [-0.3, -0.25) is 0 Å². The first kappa shape index (κ1) is 13.8. The first-order valence-corrected chi connectivity index (χ1v) is 5.27. The summed E-state index contributed by atoms with van der Waals surface area (Å²) in [5.41, 5.74) is 1.41. The third-order valence-electron chi connectivity index (χ3n) is 1.93. The molecular formula is C11H17Cl2N. The topological polar surface area (TPSA) is 12.0 Å². The summed E-state index contributed by atoms with van der Waals surface area (Å²) in [7, 11) is 0. The maximum atomic E-state index is 5.53.